The van der Waals surface area contributed by atoms with Crippen molar-refractivity contribution in [3.63, 3.8) is 0 Å². The number of halogens is 3. The normalized spacial score (nSPS) is 18.2. The summed E-state index contributed by atoms with van der Waals surface area (Å²) in [4.78, 5) is 0. The van der Waals surface area contributed by atoms with Crippen LogP contribution in [0.1, 0.15) is 24.0 Å². The van der Waals surface area contributed by atoms with Crippen molar-refractivity contribution in [3.05, 3.63) is 47.1 Å². The van der Waals surface area contributed by atoms with Crippen LogP contribution in [0.4, 0.5) is 18.9 Å². The van der Waals surface area contributed by atoms with Crippen molar-refractivity contribution in [3.8, 4) is 0 Å². The zero-order chi connectivity index (χ0) is 14.3. The van der Waals surface area contributed by atoms with Crippen molar-refractivity contribution >= 4 is 39.6 Å². The minimum atomic E-state index is -4.38. The Morgan fingerprint density at radius 2 is 2.05 bits per heavy atom. The maximum atomic E-state index is 13.1. The summed E-state index contributed by atoms with van der Waals surface area (Å²) in [6, 6.07) is 4.27. The fraction of sp³-hybridized carbons (Fsp3) is 0.214. The second-order valence-electron chi connectivity index (χ2n) is 4.55. The number of thiocarbonyl (C=S) groups is 1. The van der Waals surface area contributed by atoms with Gasteiger partial charge in [0.25, 0.3) is 0 Å². The molecule has 1 aromatic rings. The van der Waals surface area contributed by atoms with Crippen LogP contribution in [-0.4, -0.2) is 4.20 Å². The van der Waals surface area contributed by atoms with Crippen molar-refractivity contribution in [1.29, 1.82) is 0 Å². The number of nitrogens with one attached hydrogen (secondary N) is 1. The van der Waals surface area contributed by atoms with Gasteiger partial charge in [0.1, 0.15) is 0 Å². The van der Waals surface area contributed by atoms with Crippen molar-refractivity contribution in [2.24, 2.45) is 0 Å². The lowest BCUT2D eigenvalue weighted by molar-refractivity contribution is -0.136. The lowest BCUT2D eigenvalue weighted by atomic mass is 9.90. The van der Waals surface area contributed by atoms with Crippen molar-refractivity contribution < 1.29 is 13.2 Å². The van der Waals surface area contributed by atoms with Gasteiger partial charge in [-0.05, 0) is 36.4 Å². The highest BCUT2D eigenvalue weighted by atomic mass is 32.2. The molecule has 104 valence electrons. The largest absolute Gasteiger partial charge is 0.418 e. The number of allylic oxidation sites excluding steroid dienone is 3. The molecule has 2 aliphatic rings. The first-order chi connectivity index (χ1) is 9.48. The summed E-state index contributed by atoms with van der Waals surface area (Å²) < 4.78 is 42.7. The number of rotatable bonds is 0. The molecule has 6 heteroatoms. The molecule has 1 N–H and O–H groups in total. The van der Waals surface area contributed by atoms with E-state index in [4.69, 9.17) is 12.2 Å². The standard InChI is InChI=1S/C14H10F3NS2/c15-14(16,17)11-7-3-6-9-8-4-1-2-5-10(8)13(19)20-18-12(9)11/h2-3,5-7,18H,1,4H2. The van der Waals surface area contributed by atoms with E-state index in [-0.39, 0.29) is 5.69 Å². The highest BCUT2D eigenvalue weighted by molar-refractivity contribution is 8.24. The number of fused-ring (bicyclic) bond motifs is 2. The van der Waals surface area contributed by atoms with E-state index in [1.165, 1.54) is 6.07 Å². The summed E-state index contributed by atoms with van der Waals surface area (Å²) >= 11 is 6.35. The Kier molecular flexibility index (Phi) is 3.38. The van der Waals surface area contributed by atoms with Gasteiger partial charge in [0.15, 0.2) is 0 Å². The third kappa shape index (κ3) is 2.27. The smallest absolute Gasteiger partial charge is 0.324 e. The maximum absolute atomic E-state index is 13.1. The number of hydrogen-bond donors (Lipinski definition) is 1. The van der Waals surface area contributed by atoms with Gasteiger partial charge in [0, 0.05) is 11.1 Å². The SMILES string of the molecule is FC(F)(F)c1cccc2c1NSC(=S)C1=C2CCC=C1. The highest BCUT2D eigenvalue weighted by Gasteiger charge is 2.36. The predicted molar refractivity (Wildman–Crippen MR) is 80.5 cm³/mol. The van der Waals surface area contributed by atoms with Crippen LogP contribution in [0.25, 0.3) is 5.57 Å². The Labute approximate surface area is 124 Å². The van der Waals surface area contributed by atoms with E-state index < -0.39 is 11.7 Å². The third-order valence-electron chi connectivity index (χ3n) is 3.33. The molecule has 0 unspecified atom stereocenters. The van der Waals surface area contributed by atoms with E-state index in [2.05, 4.69) is 4.72 Å². The Bertz CT molecular complexity index is 644. The van der Waals surface area contributed by atoms with E-state index in [1.54, 1.807) is 6.07 Å². The zero-order valence-electron chi connectivity index (χ0n) is 10.3. The summed E-state index contributed by atoms with van der Waals surface area (Å²) in [5, 5.41) is 0. The molecule has 1 aliphatic heterocycles. The van der Waals surface area contributed by atoms with Gasteiger partial charge in [-0.2, -0.15) is 13.2 Å². The Balaban J connectivity index is 2.25. The first-order valence-electron chi connectivity index (χ1n) is 6.06. The lowest BCUT2D eigenvalue weighted by Gasteiger charge is -2.18. The van der Waals surface area contributed by atoms with Crippen LogP contribution < -0.4 is 4.72 Å². The second-order valence-corrected chi connectivity index (χ2v) is 6.03. The van der Waals surface area contributed by atoms with E-state index >= 15 is 0 Å². The van der Waals surface area contributed by atoms with E-state index in [0.29, 0.717) is 16.2 Å². The van der Waals surface area contributed by atoms with Crippen molar-refractivity contribution in [2.45, 2.75) is 19.0 Å². The summed E-state index contributed by atoms with van der Waals surface area (Å²) in [6.07, 6.45) is 1.07. The van der Waals surface area contributed by atoms with E-state index in [0.717, 1.165) is 35.6 Å². The zero-order valence-corrected chi connectivity index (χ0v) is 11.9. The topological polar surface area (TPSA) is 12.0 Å². The van der Waals surface area contributed by atoms with Crippen LogP contribution in [0.15, 0.2) is 35.9 Å². The van der Waals surface area contributed by atoms with E-state index in [9.17, 15) is 13.2 Å². The summed E-state index contributed by atoms with van der Waals surface area (Å²) in [5.74, 6) is 0. The Hall–Kier alpha value is -1.27. The first-order valence-corrected chi connectivity index (χ1v) is 7.28. The van der Waals surface area contributed by atoms with Crippen LogP contribution in [0, 0.1) is 0 Å². The molecule has 1 nitrogen and oxygen atoms in total. The van der Waals surface area contributed by atoms with Crippen molar-refractivity contribution in [2.75, 3.05) is 4.72 Å². The monoisotopic (exact) mass is 313 g/mol. The summed E-state index contributed by atoms with van der Waals surface area (Å²) in [5.41, 5.74) is 1.84. The van der Waals surface area contributed by atoms with Gasteiger partial charge in [-0.3, -0.25) is 0 Å². The molecular formula is C14H10F3NS2. The average Bonchev–Trinajstić information content (AvgIpc) is 2.56. The summed E-state index contributed by atoms with van der Waals surface area (Å²) in [7, 11) is 0. The average molecular weight is 313 g/mol. The molecule has 0 saturated carbocycles. The molecule has 1 heterocycles. The van der Waals surface area contributed by atoms with Gasteiger partial charge in [0.05, 0.1) is 15.4 Å². The van der Waals surface area contributed by atoms with Crippen molar-refractivity contribution in [1.82, 2.24) is 0 Å². The number of benzene rings is 1. The minimum absolute atomic E-state index is 0.118. The number of para-hydroxylation sites is 1. The molecule has 0 saturated heterocycles. The quantitative estimate of drug-likeness (QED) is 0.521. The van der Waals surface area contributed by atoms with E-state index in [1.807, 2.05) is 12.2 Å². The molecule has 20 heavy (non-hydrogen) atoms. The molecule has 0 aromatic heterocycles. The summed E-state index contributed by atoms with van der Waals surface area (Å²) in [6.45, 7) is 0. The van der Waals surface area contributed by atoms with Gasteiger partial charge >= 0.3 is 6.18 Å². The molecule has 0 radical (unpaired) electrons. The van der Waals surface area contributed by atoms with Gasteiger partial charge in [0.2, 0.25) is 0 Å². The number of hydrogen-bond acceptors (Lipinski definition) is 3. The first kappa shape index (κ1) is 13.7. The molecule has 0 amide bonds. The lowest BCUT2D eigenvalue weighted by Crippen LogP contribution is -2.09. The molecule has 0 spiro atoms. The molecular weight excluding hydrogens is 303 g/mol. The molecule has 1 aliphatic carbocycles. The molecule has 3 rings (SSSR count). The van der Waals surface area contributed by atoms with Crippen LogP contribution in [0.3, 0.4) is 0 Å². The van der Waals surface area contributed by atoms with Gasteiger partial charge in [-0.1, -0.05) is 36.5 Å². The van der Waals surface area contributed by atoms with Crippen LogP contribution in [0.5, 0.6) is 0 Å². The van der Waals surface area contributed by atoms with Crippen LogP contribution in [0.2, 0.25) is 0 Å². The predicted octanol–water partition coefficient (Wildman–Crippen LogP) is 5.21. The molecule has 0 bridgehead atoms. The molecule has 1 aromatic carbocycles. The van der Waals surface area contributed by atoms with Gasteiger partial charge in [-0.25, -0.2) is 0 Å². The fourth-order valence-corrected chi connectivity index (χ4v) is 3.47. The molecule has 0 fully saturated rings. The number of alkyl halides is 3. The fourth-order valence-electron chi connectivity index (χ4n) is 2.44. The van der Waals surface area contributed by atoms with Gasteiger partial charge < -0.3 is 4.72 Å². The van der Waals surface area contributed by atoms with Gasteiger partial charge in [-0.15, -0.1) is 0 Å². The third-order valence-corrected chi connectivity index (χ3v) is 4.51. The Morgan fingerprint density at radius 1 is 1.25 bits per heavy atom. The van der Waals surface area contributed by atoms with Crippen LogP contribution >= 0.6 is 24.2 Å². The minimum Gasteiger partial charge on any atom is -0.324 e. The second kappa shape index (κ2) is 4.93. The maximum Gasteiger partial charge on any atom is 0.418 e. The Morgan fingerprint density at radius 3 is 2.80 bits per heavy atom. The number of anilines is 1. The van der Waals surface area contributed by atoms with Crippen LogP contribution in [-0.2, 0) is 6.18 Å². The highest BCUT2D eigenvalue weighted by Crippen LogP contribution is 2.45. The molecule has 0 atom stereocenters.